The van der Waals surface area contributed by atoms with Crippen LogP contribution in [0.25, 0.3) is 11.3 Å². The van der Waals surface area contributed by atoms with Gasteiger partial charge in [-0.05, 0) is 98.3 Å². The van der Waals surface area contributed by atoms with Crippen LogP contribution in [0.15, 0.2) is 30.5 Å². The standard InChI is InChI=1S/C34H49ClN6O4/c1-23(20-44-33(5,6)31(42)45-32(2,3)4)39-24-10-12-25(13-11-24)40-30-18-26(27(35)19-37-30)28-8-7-9-29(41-28)38-22-34(21-36)14-16-43-17-15-34/h7-9,18-19,23-25,39H,10-17,20,22H2,1-6H3,(H,37,40)(H,38,41). The molecule has 1 aliphatic heterocycles. The van der Waals surface area contributed by atoms with E-state index in [0.717, 1.165) is 42.8 Å². The van der Waals surface area contributed by atoms with Gasteiger partial charge in [-0.1, -0.05) is 17.7 Å². The lowest BCUT2D eigenvalue weighted by atomic mass is 9.82. The molecule has 1 saturated heterocycles. The predicted octanol–water partition coefficient (Wildman–Crippen LogP) is 6.37. The maximum atomic E-state index is 12.5. The van der Waals surface area contributed by atoms with E-state index in [1.807, 2.05) is 45.0 Å². The van der Waals surface area contributed by atoms with Crippen molar-refractivity contribution in [3.63, 3.8) is 0 Å². The Bertz CT molecular complexity index is 1330. The Hall–Kier alpha value is -2.97. The SMILES string of the molecule is CC(COC(C)(C)C(=O)OC(C)(C)C)NC1CCC(Nc2cc(-c3cccc(NCC4(C#N)CCOCC4)n3)c(Cl)cn2)CC1. The zero-order valence-corrected chi connectivity index (χ0v) is 28.3. The van der Waals surface area contributed by atoms with E-state index in [1.165, 1.54) is 0 Å². The largest absolute Gasteiger partial charge is 0.458 e. The van der Waals surface area contributed by atoms with Crippen LogP contribution in [-0.2, 0) is 19.0 Å². The van der Waals surface area contributed by atoms with Gasteiger partial charge in [0.25, 0.3) is 0 Å². The molecule has 2 aromatic rings. The summed E-state index contributed by atoms with van der Waals surface area (Å²) in [6.45, 7) is 13.3. The molecule has 1 saturated carbocycles. The number of hydrogen-bond acceptors (Lipinski definition) is 10. The van der Waals surface area contributed by atoms with E-state index in [-0.39, 0.29) is 12.0 Å². The highest BCUT2D eigenvalue weighted by atomic mass is 35.5. The second-order valence-electron chi connectivity index (χ2n) is 13.9. The summed E-state index contributed by atoms with van der Waals surface area (Å²) in [5.41, 5.74) is -0.455. The Morgan fingerprint density at radius 2 is 1.82 bits per heavy atom. The number of halogens is 1. The minimum atomic E-state index is -1.01. The van der Waals surface area contributed by atoms with E-state index in [0.29, 0.717) is 62.1 Å². The molecule has 0 bridgehead atoms. The van der Waals surface area contributed by atoms with Crippen molar-refractivity contribution in [2.24, 2.45) is 5.41 Å². The van der Waals surface area contributed by atoms with Gasteiger partial charge in [-0.15, -0.1) is 0 Å². The fourth-order valence-corrected chi connectivity index (χ4v) is 5.80. The Balaban J connectivity index is 1.27. The minimum absolute atomic E-state index is 0.0987. The predicted molar refractivity (Wildman–Crippen MR) is 177 cm³/mol. The molecule has 2 aliphatic rings. The summed E-state index contributed by atoms with van der Waals surface area (Å²) >= 11 is 6.58. The first-order valence-corrected chi connectivity index (χ1v) is 16.4. The molecule has 246 valence electrons. The number of aromatic nitrogens is 2. The maximum absolute atomic E-state index is 12.5. The number of ether oxygens (including phenoxy) is 3. The average Bonchev–Trinajstić information content (AvgIpc) is 3.01. The van der Waals surface area contributed by atoms with Crippen molar-refractivity contribution in [1.29, 1.82) is 5.26 Å². The fraction of sp³-hybridized carbons (Fsp3) is 0.647. The Morgan fingerprint density at radius 3 is 2.49 bits per heavy atom. The van der Waals surface area contributed by atoms with Gasteiger partial charge in [-0.2, -0.15) is 5.26 Å². The van der Waals surface area contributed by atoms with Crippen LogP contribution in [-0.4, -0.2) is 71.6 Å². The van der Waals surface area contributed by atoms with E-state index in [1.54, 1.807) is 20.0 Å². The van der Waals surface area contributed by atoms with E-state index in [9.17, 15) is 10.1 Å². The van der Waals surface area contributed by atoms with Crippen LogP contribution in [0.4, 0.5) is 11.6 Å². The number of nitrogens with zero attached hydrogens (tertiary/aromatic N) is 3. The summed E-state index contributed by atoms with van der Waals surface area (Å²) in [7, 11) is 0. The van der Waals surface area contributed by atoms with Crippen molar-refractivity contribution in [1.82, 2.24) is 15.3 Å². The molecular formula is C34H49ClN6O4. The normalized spacial score (nSPS) is 20.9. The maximum Gasteiger partial charge on any atom is 0.338 e. The van der Waals surface area contributed by atoms with Gasteiger partial charge in [0, 0.05) is 49.6 Å². The quantitative estimate of drug-likeness (QED) is 0.225. The van der Waals surface area contributed by atoms with Gasteiger partial charge < -0.3 is 30.2 Å². The van der Waals surface area contributed by atoms with Crippen molar-refractivity contribution < 1.29 is 19.0 Å². The number of pyridine rings is 2. The van der Waals surface area contributed by atoms with Gasteiger partial charge in [-0.25, -0.2) is 14.8 Å². The monoisotopic (exact) mass is 640 g/mol. The first-order valence-electron chi connectivity index (χ1n) is 16.0. The van der Waals surface area contributed by atoms with Crippen LogP contribution >= 0.6 is 11.6 Å². The van der Waals surface area contributed by atoms with Gasteiger partial charge in [0.2, 0.25) is 0 Å². The summed E-state index contributed by atoms with van der Waals surface area (Å²) in [6.07, 6.45) is 7.12. The molecule has 10 nitrogen and oxygen atoms in total. The Morgan fingerprint density at radius 1 is 1.13 bits per heavy atom. The Kier molecular flexibility index (Phi) is 11.7. The molecule has 0 amide bonds. The van der Waals surface area contributed by atoms with Crippen LogP contribution in [0.1, 0.15) is 80.1 Å². The molecule has 11 heteroatoms. The third kappa shape index (κ3) is 10.3. The number of nitrogens with one attached hydrogen (secondary N) is 3. The van der Waals surface area contributed by atoms with Gasteiger partial charge >= 0.3 is 5.97 Å². The van der Waals surface area contributed by atoms with Crippen molar-refractivity contribution >= 4 is 29.2 Å². The molecule has 1 aliphatic carbocycles. The number of nitriles is 1. The zero-order chi connectivity index (χ0) is 32.7. The molecule has 2 fully saturated rings. The van der Waals surface area contributed by atoms with Crippen molar-refractivity contribution in [3.05, 3.63) is 35.5 Å². The van der Waals surface area contributed by atoms with Gasteiger partial charge in [-0.3, -0.25) is 0 Å². The molecule has 0 radical (unpaired) electrons. The lowest BCUT2D eigenvalue weighted by Gasteiger charge is -2.33. The second-order valence-corrected chi connectivity index (χ2v) is 14.3. The lowest BCUT2D eigenvalue weighted by Crippen LogP contribution is -2.46. The van der Waals surface area contributed by atoms with Crippen LogP contribution in [0, 0.1) is 16.7 Å². The number of hydrogen-bond donors (Lipinski definition) is 3. The molecular weight excluding hydrogens is 592 g/mol. The summed E-state index contributed by atoms with van der Waals surface area (Å²) in [5, 5.41) is 20.9. The topological polar surface area (TPSA) is 130 Å². The summed E-state index contributed by atoms with van der Waals surface area (Å²) in [4.78, 5) is 21.8. The highest BCUT2D eigenvalue weighted by Crippen LogP contribution is 2.32. The lowest BCUT2D eigenvalue weighted by molar-refractivity contribution is -0.180. The number of anilines is 2. The summed E-state index contributed by atoms with van der Waals surface area (Å²) in [6, 6.07) is 11.0. The Labute approximate surface area is 273 Å². The molecule has 0 aromatic carbocycles. The number of carbonyl (C=O) groups excluding carboxylic acids is 1. The first-order chi connectivity index (χ1) is 21.3. The first kappa shape index (κ1) is 34.9. The molecule has 4 rings (SSSR count). The van der Waals surface area contributed by atoms with Crippen LogP contribution in [0.2, 0.25) is 5.02 Å². The molecule has 3 heterocycles. The summed E-state index contributed by atoms with van der Waals surface area (Å²) < 4.78 is 16.9. The van der Waals surface area contributed by atoms with Crippen molar-refractivity contribution in [3.8, 4) is 17.3 Å². The zero-order valence-electron chi connectivity index (χ0n) is 27.5. The van der Waals surface area contributed by atoms with Gasteiger partial charge in [0.05, 0.1) is 28.8 Å². The van der Waals surface area contributed by atoms with E-state index in [2.05, 4.69) is 33.9 Å². The minimum Gasteiger partial charge on any atom is -0.458 e. The second kappa shape index (κ2) is 15.1. The third-order valence-corrected chi connectivity index (χ3v) is 8.66. The van der Waals surface area contributed by atoms with E-state index < -0.39 is 16.6 Å². The molecule has 1 atom stereocenters. The van der Waals surface area contributed by atoms with Crippen LogP contribution in [0.3, 0.4) is 0 Å². The average molecular weight is 641 g/mol. The molecule has 2 aromatic heterocycles. The molecule has 0 spiro atoms. The van der Waals surface area contributed by atoms with Crippen molar-refractivity contribution in [2.45, 2.75) is 109 Å². The van der Waals surface area contributed by atoms with E-state index in [4.69, 9.17) is 30.8 Å². The molecule has 1 unspecified atom stereocenters. The van der Waals surface area contributed by atoms with E-state index >= 15 is 0 Å². The van der Waals surface area contributed by atoms with Gasteiger partial charge in [0.1, 0.15) is 17.2 Å². The highest BCUT2D eigenvalue weighted by Gasteiger charge is 2.35. The van der Waals surface area contributed by atoms with Gasteiger partial charge in [0.15, 0.2) is 5.60 Å². The highest BCUT2D eigenvalue weighted by molar-refractivity contribution is 6.33. The number of esters is 1. The van der Waals surface area contributed by atoms with Crippen LogP contribution in [0.5, 0.6) is 0 Å². The van der Waals surface area contributed by atoms with Crippen molar-refractivity contribution in [2.75, 3.05) is 37.0 Å². The number of carbonyl (C=O) groups is 1. The molecule has 45 heavy (non-hydrogen) atoms. The van der Waals surface area contributed by atoms with Crippen LogP contribution < -0.4 is 16.0 Å². The fourth-order valence-electron chi connectivity index (χ4n) is 5.60. The third-order valence-electron chi connectivity index (χ3n) is 8.36. The smallest absolute Gasteiger partial charge is 0.338 e. The summed E-state index contributed by atoms with van der Waals surface area (Å²) in [5.74, 6) is 1.12. The number of rotatable bonds is 12. The molecule has 3 N–H and O–H groups in total.